The molecule has 3 aromatic rings. The van der Waals surface area contributed by atoms with Crippen LogP contribution in [-0.4, -0.2) is 42.5 Å². The number of alkyl halides is 3. The van der Waals surface area contributed by atoms with Gasteiger partial charge in [0.25, 0.3) is 5.91 Å². The van der Waals surface area contributed by atoms with Gasteiger partial charge in [0.1, 0.15) is 5.82 Å². The van der Waals surface area contributed by atoms with Gasteiger partial charge in [-0.15, -0.1) is 0 Å². The molecule has 1 aromatic carbocycles. The van der Waals surface area contributed by atoms with Crippen LogP contribution in [0.4, 0.5) is 24.7 Å². The van der Waals surface area contributed by atoms with Gasteiger partial charge in [0, 0.05) is 36.7 Å². The first-order valence-electron chi connectivity index (χ1n) is 9.32. The van der Waals surface area contributed by atoms with Crippen LogP contribution in [0.5, 0.6) is 0 Å². The lowest BCUT2D eigenvalue weighted by molar-refractivity contribution is -0.137. The Kier molecular flexibility index (Phi) is 5.38. The number of imidazole rings is 1. The number of amides is 1. The van der Waals surface area contributed by atoms with Crippen molar-refractivity contribution in [3.05, 3.63) is 54.1 Å². The van der Waals surface area contributed by atoms with Gasteiger partial charge < -0.3 is 15.2 Å². The van der Waals surface area contributed by atoms with Gasteiger partial charge in [-0.1, -0.05) is 0 Å². The Hall–Kier alpha value is -3.45. The lowest BCUT2D eigenvalue weighted by Gasteiger charge is -2.13. The molecule has 3 heterocycles. The van der Waals surface area contributed by atoms with Crippen molar-refractivity contribution < 1.29 is 26.4 Å². The van der Waals surface area contributed by atoms with Gasteiger partial charge in [-0.05, 0) is 37.4 Å². The van der Waals surface area contributed by atoms with E-state index >= 15 is 0 Å². The molecule has 1 amide bonds. The number of pyridine rings is 1. The summed E-state index contributed by atoms with van der Waals surface area (Å²) in [4.78, 5) is 20.1. The number of anilines is 2. The van der Waals surface area contributed by atoms with E-state index in [-0.39, 0.29) is 22.4 Å². The fraction of sp³-hybridized carbons (Fsp3) is 0.211. The predicted octanol–water partition coefficient (Wildman–Crippen LogP) is 2.36. The minimum atomic E-state index is -4.52. The van der Waals surface area contributed by atoms with E-state index in [9.17, 15) is 26.4 Å². The van der Waals surface area contributed by atoms with Crippen LogP contribution >= 0.6 is 0 Å². The minimum Gasteiger partial charge on any atom is -0.348 e. The maximum absolute atomic E-state index is 12.8. The summed E-state index contributed by atoms with van der Waals surface area (Å²) in [6, 6.07) is 6.21. The van der Waals surface area contributed by atoms with Gasteiger partial charge in [0.05, 0.1) is 16.2 Å². The second-order valence-electron chi connectivity index (χ2n) is 6.87. The highest BCUT2D eigenvalue weighted by atomic mass is 32.2. The third-order valence-corrected chi connectivity index (χ3v) is 6.23. The lowest BCUT2D eigenvalue weighted by Crippen LogP contribution is -2.35. The predicted molar refractivity (Wildman–Crippen MR) is 109 cm³/mol. The van der Waals surface area contributed by atoms with Crippen molar-refractivity contribution >= 4 is 27.4 Å². The second kappa shape index (κ2) is 7.91. The van der Waals surface area contributed by atoms with Crippen molar-refractivity contribution in [2.24, 2.45) is 0 Å². The van der Waals surface area contributed by atoms with E-state index in [1.165, 1.54) is 25.2 Å². The van der Waals surface area contributed by atoms with Crippen LogP contribution in [0.3, 0.4) is 0 Å². The Bertz CT molecular complexity index is 1290. The third-order valence-electron chi connectivity index (χ3n) is 4.82. The van der Waals surface area contributed by atoms with Gasteiger partial charge in [-0.3, -0.25) is 4.79 Å². The SMILES string of the molecule is CNS(=O)(=O)c1ccc(Nc2ccc(C(F)(F)F)cn2)c(-c2cn3c(n2)C(=O)NCC3)c1. The summed E-state index contributed by atoms with van der Waals surface area (Å²) in [7, 11) is -2.51. The molecule has 32 heavy (non-hydrogen) atoms. The maximum atomic E-state index is 12.8. The fourth-order valence-corrected chi connectivity index (χ4v) is 3.92. The highest BCUT2D eigenvalue weighted by molar-refractivity contribution is 7.89. The van der Waals surface area contributed by atoms with Crippen LogP contribution in [0.25, 0.3) is 11.3 Å². The number of hydrogen-bond donors (Lipinski definition) is 3. The number of fused-ring (bicyclic) bond motifs is 1. The van der Waals surface area contributed by atoms with Crippen molar-refractivity contribution in [2.75, 3.05) is 18.9 Å². The summed E-state index contributed by atoms with van der Waals surface area (Å²) >= 11 is 0. The van der Waals surface area contributed by atoms with E-state index in [1.807, 2.05) is 0 Å². The molecule has 2 aromatic heterocycles. The number of sulfonamides is 1. The number of carbonyl (C=O) groups is 1. The molecule has 1 aliphatic rings. The van der Waals surface area contributed by atoms with Crippen molar-refractivity contribution in [1.29, 1.82) is 0 Å². The van der Waals surface area contributed by atoms with Crippen LogP contribution in [-0.2, 0) is 22.7 Å². The van der Waals surface area contributed by atoms with E-state index < -0.39 is 21.8 Å². The number of rotatable bonds is 5. The lowest BCUT2D eigenvalue weighted by atomic mass is 10.1. The van der Waals surface area contributed by atoms with Gasteiger partial charge >= 0.3 is 6.18 Å². The second-order valence-corrected chi connectivity index (χ2v) is 8.76. The molecular formula is C19H17F3N6O3S. The molecule has 0 radical (unpaired) electrons. The van der Waals surface area contributed by atoms with Crippen molar-refractivity contribution in [1.82, 2.24) is 24.6 Å². The molecule has 0 saturated carbocycles. The number of hydrogen-bond acceptors (Lipinski definition) is 6. The van der Waals surface area contributed by atoms with Crippen molar-refractivity contribution in [3.8, 4) is 11.3 Å². The molecular weight excluding hydrogens is 449 g/mol. The van der Waals surface area contributed by atoms with E-state index in [0.29, 0.717) is 36.2 Å². The Balaban J connectivity index is 1.78. The summed E-state index contributed by atoms with van der Waals surface area (Å²) in [5.74, 6) is -0.0719. The zero-order chi connectivity index (χ0) is 23.1. The van der Waals surface area contributed by atoms with Gasteiger partial charge in [0.2, 0.25) is 10.0 Å². The topological polar surface area (TPSA) is 118 Å². The molecule has 0 saturated heterocycles. The zero-order valence-electron chi connectivity index (χ0n) is 16.6. The highest BCUT2D eigenvalue weighted by Crippen LogP contribution is 2.33. The molecule has 0 spiro atoms. The summed E-state index contributed by atoms with van der Waals surface area (Å²) in [5, 5.41) is 5.57. The monoisotopic (exact) mass is 466 g/mol. The Morgan fingerprint density at radius 2 is 1.97 bits per heavy atom. The van der Waals surface area contributed by atoms with Crippen LogP contribution in [0, 0.1) is 0 Å². The number of nitrogens with zero attached hydrogens (tertiary/aromatic N) is 3. The minimum absolute atomic E-state index is 0.0450. The first-order chi connectivity index (χ1) is 15.1. The van der Waals surface area contributed by atoms with Gasteiger partial charge in [-0.25, -0.2) is 23.1 Å². The Morgan fingerprint density at radius 1 is 1.19 bits per heavy atom. The number of aromatic nitrogens is 3. The normalized spacial score (nSPS) is 14.1. The summed E-state index contributed by atoms with van der Waals surface area (Å²) in [5.41, 5.74) is 0.104. The maximum Gasteiger partial charge on any atom is 0.417 e. The molecule has 4 rings (SSSR count). The van der Waals surface area contributed by atoms with E-state index in [4.69, 9.17) is 0 Å². The summed E-state index contributed by atoms with van der Waals surface area (Å²) in [6.45, 7) is 0.919. The quantitative estimate of drug-likeness (QED) is 0.531. The highest BCUT2D eigenvalue weighted by Gasteiger charge is 2.30. The molecule has 0 atom stereocenters. The van der Waals surface area contributed by atoms with Crippen LogP contribution < -0.4 is 15.4 Å². The Labute approximate surface area is 180 Å². The molecule has 0 unspecified atom stereocenters. The third kappa shape index (κ3) is 4.16. The number of benzene rings is 1. The van der Waals surface area contributed by atoms with E-state index in [2.05, 4.69) is 25.3 Å². The molecule has 13 heteroatoms. The molecule has 3 N–H and O–H groups in total. The smallest absolute Gasteiger partial charge is 0.348 e. The largest absolute Gasteiger partial charge is 0.417 e. The average molecular weight is 466 g/mol. The van der Waals surface area contributed by atoms with Crippen molar-refractivity contribution in [3.63, 3.8) is 0 Å². The van der Waals surface area contributed by atoms with Crippen LogP contribution in [0.2, 0.25) is 0 Å². The molecule has 0 bridgehead atoms. The zero-order valence-corrected chi connectivity index (χ0v) is 17.4. The summed E-state index contributed by atoms with van der Waals surface area (Å²) < 4.78 is 66.9. The van der Waals surface area contributed by atoms with E-state index in [0.717, 1.165) is 12.1 Å². The first-order valence-corrected chi connectivity index (χ1v) is 10.8. The average Bonchev–Trinajstić information content (AvgIpc) is 3.19. The van der Waals surface area contributed by atoms with Gasteiger partial charge in [0.15, 0.2) is 5.82 Å². The number of halogens is 3. The number of nitrogens with one attached hydrogen (secondary N) is 3. The standard InChI is InChI=1S/C19H17F3N6O3S/c1-23-32(30,31)12-3-4-14(26-16-5-2-11(9-25-16)19(20,21)22)13(8-12)15-10-28-7-6-24-18(29)17(28)27-15/h2-5,8-10,23H,6-7H2,1H3,(H,24,29)(H,25,26). The molecule has 1 aliphatic heterocycles. The van der Waals surface area contributed by atoms with Crippen LogP contribution in [0.15, 0.2) is 47.6 Å². The van der Waals surface area contributed by atoms with Crippen LogP contribution in [0.1, 0.15) is 16.2 Å². The number of carbonyl (C=O) groups excluding carboxylic acids is 1. The molecule has 168 valence electrons. The first kappa shape index (κ1) is 21.8. The molecule has 0 aliphatic carbocycles. The van der Waals surface area contributed by atoms with Crippen molar-refractivity contribution in [2.45, 2.75) is 17.6 Å². The van der Waals surface area contributed by atoms with Gasteiger partial charge in [-0.2, -0.15) is 13.2 Å². The molecule has 0 fully saturated rings. The fourth-order valence-electron chi connectivity index (χ4n) is 3.17. The van der Waals surface area contributed by atoms with E-state index in [1.54, 1.807) is 10.8 Å². The summed E-state index contributed by atoms with van der Waals surface area (Å²) in [6.07, 6.45) is -2.21. The molecule has 9 nitrogen and oxygen atoms in total. The Morgan fingerprint density at radius 3 is 2.59 bits per heavy atom.